The Hall–Kier alpha value is -4.64. The van der Waals surface area contributed by atoms with Gasteiger partial charge in [0, 0.05) is 70.4 Å². The van der Waals surface area contributed by atoms with E-state index in [0.717, 1.165) is 67.9 Å². The Bertz CT molecular complexity index is 2210. The van der Waals surface area contributed by atoms with Gasteiger partial charge in [-0.05, 0) is 121 Å². The number of anilines is 2. The molecule has 324 valence electrons. The second-order valence-corrected chi connectivity index (χ2v) is 15.8. The van der Waals surface area contributed by atoms with Gasteiger partial charge in [0.2, 0.25) is 0 Å². The maximum atomic E-state index is 14.7. The molecule has 6 N–H and O–H groups in total. The predicted octanol–water partition coefficient (Wildman–Crippen LogP) is 8.65. The molecule has 0 bridgehead atoms. The highest BCUT2D eigenvalue weighted by Crippen LogP contribution is 2.35. The molecule has 2 fully saturated rings. The number of phenolic OH excluding ortho intramolecular Hbond substituents is 1. The second kappa shape index (κ2) is 21.2. The zero-order valence-corrected chi connectivity index (χ0v) is 37.1. The average Bonchev–Trinajstić information content (AvgIpc) is 3.92. The molecule has 0 spiro atoms. The van der Waals surface area contributed by atoms with Crippen LogP contribution in [0.2, 0.25) is 0 Å². The summed E-state index contributed by atoms with van der Waals surface area (Å²) in [5.74, 6) is 0.546. The molecular formula is C41H52Cl4F2N12O. The molecule has 60 heavy (non-hydrogen) atoms. The molecule has 6 heterocycles. The maximum Gasteiger partial charge on any atom is 0.151 e. The SMILES string of the molecule is CN(c1ccc(-c2cc(F)c(-c3cn[nH]c3)cc2F)nn1)C1CC(C)(C)NC(C)(C)C1.Cl.Cl.Cl.Cl.Oc1cc(-c2cn[nH]c2)ccc1-c1ccc(NC2CCNCC2)nn1. The molecule has 0 amide bonds. The van der Waals surface area contributed by atoms with Crippen LogP contribution in [0.5, 0.6) is 5.75 Å². The summed E-state index contributed by atoms with van der Waals surface area (Å²) in [5.41, 5.74) is 4.14. The summed E-state index contributed by atoms with van der Waals surface area (Å²) in [6.07, 6.45) is 10.6. The summed E-state index contributed by atoms with van der Waals surface area (Å²) in [6, 6.07) is 15.8. The summed E-state index contributed by atoms with van der Waals surface area (Å²) in [4.78, 5) is 2.13. The highest BCUT2D eigenvalue weighted by atomic mass is 35.5. The van der Waals surface area contributed by atoms with Crippen molar-refractivity contribution in [3.8, 4) is 50.5 Å². The van der Waals surface area contributed by atoms with E-state index in [4.69, 9.17) is 0 Å². The van der Waals surface area contributed by atoms with Crippen LogP contribution in [-0.4, -0.2) is 89.2 Å². The number of H-pyrrole nitrogens is 2. The van der Waals surface area contributed by atoms with Gasteiger partial charge in [-0.1, -0.05) is 6.07 Å². The van der Waals surface area contributed by atoms with Crippen LogP contribution in [0.3, 0.4) is 0 Å². The first-order valence-electron chi connectivity index (χ1n) is 18.8. The van der Waals surface area contributed by atoms with Gasteiger partial charge in [-0.3, -0.25) is 10.2 Å². The fourth-order valence-electron chi connectivity index (χ4n) is 7.81. The van der Waals surface area contributed by atoms with Crippen molar-refractivity contribution in [1.29, 1.82) is 0 Å². The van der Waals surface area contributed by atoms with Crippen molar-refractivity contribution in [2.75, 3.05) is 30.4 Å². The van der Waals surface area contributed by atoms with E-state index in [1.807, 2.05) is 37.4 Å². The summed E-state index contributed by atoms with van der Waals surface area (Å²) < 4.78 is 29.4. The maximum absolute atomic E-state index is 14.7. The summed E-state index contributed by atoms with van der Waals surface area (Å²) >= 11 is 0. The first-order chi connectivity index (χ1) is 26.8. The van der Waals surface area contributed by atoms with Crippen LogP contribution >= 0.6 is 49.6 Å². The molecule has 0 radical (unpaired) electrons. The molecule has 2 saturated heterocycles. The lowest BCUT2D eigenvalue weighted by Crippen LogP contribution is -2.62. The van der Waals surface area contributed by atoms with E-state index in [9.17, 15) is 13.9 Å². The van der Waals surface area contributed by atoms with Gasteiger partial charge in [0.05, 0.1) is 23.8 Å². The largest absolute Gasteiger partial charge is 0.507 e. The van der Waals surface area contributed by atoms with E-state index in [-0.39, 0.29) is 83.6 Å². The molecule has 2 aliphatic heterocycles. The first-order valence-corrected chi connectivity index (χ1v) is 18.8. The van der Waals surface area contributed by atoms with Crippen molar-refractivity contribution < 1.29 is 13.9 Å². The van der Waals surface area contributed by atoms with Crippen LogP contribution in [0.15, 0.2) is 79.4 Å². The highest BCUT2D eigenvalue weighted by molar-refractivity contribution is 5.86. The van der Waals surface area contributed by atoms with Gasteiger partial charge in [-0.25, -0.2) is 8.78 Å². The third kappa shape index (κ3) is 12.0. The number of piperidine rings is 2. The van der Waals surface area contributed by atoms with Crippen molar-refractivity contribution in [3.63, 3.8) is 0 Å². The number of hydrogen-bond donors (Lipinski definition) is 6. The predicted molar refractivity (Wildman–Crippen MR) is 243 cm³/mol. The molecule has 2 aromatic carbocycles. The number of halogens is 6. The van der Waals surface area contributed by atoms with Crippen molar-refractivity contribution in [2.45, 2.75) is 76.5 Å². The number of aromatic nitrogens is 8. The molecule has 0 aliphatic carbocycles. The number of hydrogen-bond acceptors (Lipinski definition) is 11. The zero-order chi connectivity index (χ0) is 39.5. The van der Waals surface area contributed by atoms with E-state index in [0.29, 0.717) is 34.4 Å². The number of nitrogens with zero attached hydrogens (tertiary/aromatic N) is 7. The average molecular weight is 909 g/mol. The molecule has 2 aliphatic rings. The standard InChI is InChI=1S/C23H28F2N6.C18H20N6O.4ClH/c1-22(2)10-15(11-23(3,4)30-22)31(5)21-7-6-20(28-29-21)17-9-18(24)16(8-19(17)25)14-12-26-27-13-14;25-17-9-12(13-10-20-21-11-13)1-2-15(17)16-3-4-18(24-23-16)22-14-5-7-19-8-6-14;;;;/h6-9,12-13,15,30H,10-11H2,1-5H3,(H,26,27);1-4,9-11,14,19,25H,5-8H2,(H,20,21)(H,22,24);4*1H. The monoisotopic (exact) mass is 906 g/mol. The minimum absolute atomic E-state index is 0. The second-order valence-electron chi connectivity index (χ2n) is 15.8. The number of aromatic amines is 2. The number of phenols is 1. The van der Waals surface area contributed by atoms with E-state index >= 15 is 0 Å². The van der Waals surface area contributed by atoms with E-state index in [1.165, 1.54) is 12.4 Å². The molecule has 8 rings (SSSR count). The lowest BCUT2D eigenvalue weighted by Gasteiger charge is -2.49. The molecule has 6 aromatic rings. The van der Waals surface area contributed by atoms with Gasteiger partial charge in [-0.2, -0.15) is 10.2 Å². The molecule has 0 saturated carbocycles. The number of nitrogens with one attached hydrogen (secondary N) is 5. The fraction of sp³-hybridized carbons (Fsp3) is 0.366. The van der Waals surface area contributed by atoms with Crippen LogP contribution in [0.1, 0.15) is 53.4 Å². The van der Waals surface area contributed by atoms with Gasteiger partial charge < -0.3 is 26.0 Å². The van der Waals surface area contributed by atoms with E-state index < -0.39 is 11.6 Å². The van der Waals surface area contributed by atoms with Crippen molar-refractivity contribution >= 4 is 61.3 Å². The van der Waals surface area contributed by atoms with E-state index in [2.05, 4.69) is 89.3 Å². The molecule has 0 unspecified atom stereocenters. The highest BCUT2D eigenvalue weighted by Gasteiger charge is 2.39. The molecule has 4 aromatic heterocycles. The van der Waals surface area contributed by atoms with Gasteiger partial charge in [0.1, 0.15) is 23.2 Å². The third-order valence-corrected chi connectivity index (χ3v) is 10.3. The van der Waals surface area contributed by atoms with Crippen molar-refractivity contribution in [1.82, 2.24) is 51.4 Å². The summed E-state index contributed by atoms with van der Waals surface area (Å²) in [7, 11) is 2.01. The van der Waals surface area contributed by atoms with E-state index in [1.54, 1.807) is 24.5 Å². The first kappa shape index (κ1) is 49.7. The number of benzene rings is 2. The van der Waals surface area contributed by atoms with Crippen LogP contribution in [-0.2, 0) is 0 Å². The van der Waals surface area contributed by atoms with Gasteiger partial charge in [0.15, 0.2) is 5.82 Å². The van der Waals surface area contributed by atoms with Crippen molar-refractivity contribution in [3.05, 3.63) is 91.0 Å². The number of rotatable bonds is 8. The molecule has 0 atom stereocenters. The topological polar surface area (TPSA) is 168 Å². The summed E-state index contributed by atoms with van der Waals surface area (Å²) in [6.45, 7) is 10.9. The Labute approximate surface area is 373 Å². The van der Waals surface area contributed by atoms with Crippen LogP contribution < -0.4 is 20.9 Å². The number of aromatic hydroxyl groups is 1. The lowest BCUT2D eigenvalue weighted by atomic mass is 9.79. The van der Waals surface area contributed by atoms with Crippen LogP contribution in [0, 0.1) is 11.6 Å². The quantitative estimate of drug-likeness (QED) is 0.0865. The normalized spacial score (nSPS) is 15.7. The van der Waals surface area contributed by atoms with Gasteiger partial charge >= 0.3 is 0 Å². The lowest BCUT2D eigenvalue weighted by molar-refractivity contribution is 0.160. The Balaban J connectivity index is 0.000000306. The van der Waals surface area contributed by atoms with Gasteiger partial charge in [0.25, 0.3) is 0 Å². The van der Waals surface area contributed by atoms with Crippen LogP contribution in [0.25, 0.3) is 44.8 Å². The molecule has 13 nitrogen and oxygen atoms in total. The summed E-state index contributed by atoms with van der Waals surface area (Å²) in [5, 5.41) is 50.9. The Morgan fingerprint density at radius 2 is 1.27 bits per heavy atom. The Kier molecular flexibility index (Phi) is 17.6. The van der Waals surface area contributed by atoms with Crippen molar-refractivity contribution in [2.24, 2.45) is 0 Å². The third-order valence-electron chi connectivity index (χ3n) is 10.3. The fourth-order valence-corrected chi connectivity index (χ4v) is 7.81. The Morgan fingerprint density at radius 1 is 0.683 bits per heavy atom. The molecule has 19 heteroatoms. The zero-order valence-electron chi connectivity index (χ0n) is 33.9. The minimum atomic E-state index is -0.560. The minimum Gasteiger partial charge on any atom is -0.507 e. The Morgan fingerprint density at radius 3 is 1.83 bits per heavy atom. The van der Waals surface area contributed by atoms with Crippen LogP contribution in [0.4, 0.5) is 20.4 Å². The molecular weight excluding hydrogens is 856 g/mol. The smallest absolute Gasteiger partial charge is 0.151 e. The van der Waals surface area contributed by atoms with Gasteiger partial charge in [-0.15, -0.1) is 70.0 Å².